The molecule has 0 aliphatic carbocycles. The van der Waals surface area contributed by atoms with Crippen LogP contribution in [-0.4, -0.2) is 55.9 Å². The van der Waals surface area contributed by atoms with Gasteiger partial charge in [0.25, 0.3) is 0 Å². The van der Waals surface area contributed by atoms with Crippen LogP contribution in [0.2, 0.25) is 0 Å². The highest BCUT2D eigenvalue weighted by Crippen LogP contribution is 2.09. The van der Waals surface area contributed by atoms with Crippen LogP contribution in [0, 0.1) is 0 Å². The predicted octanol–water partition coefficient (Wildman–Crippen LogP) is 1.98. The highest BCUT2D eigenvalue weighted by molar-refractivity contribution is 5.67. The zero-order valence-corrected chi connectivity index (χ0v) is 13.5. The molecule has 1 unspecified atom stereocenters. The lowest BCUT2D eigenvalue weighted by Crippen LogP contribution is -2.35. The van der Waals surface area contributed by atoms with Crippen molar-refractivity contribution in [1.29, 1.82) is 0 Å². The van der Waals surface area contributed by atoms with Crippen molar-refractivity contribution in [1.82, 2.24) is 15.5 Å². The summed E-state index contributed by atoms with van der Waals surface area (Å²) in [4.78, 5) is 13.8. The van der Waals surface area contributed by atoms with Gasteiger partial charge in [-0.3, -0.25) is 0 Å². The first-order valence-electron chi connectivity index (χ1n) is 7.75. The Balaban J connectivity index is 2.03. The van der Waals surface area contributed by atoms with Crippen molar-refractivity contribution in [2.75, 3.05) is 33.2 Å². The number of hydrogen-bond acceptors (Lipinski definition) is 4. The van der Waals surface area contributed by atoms with Gasteiger partial charge in [-0.15, -0.1) is 0 Å². The second-order valence-corrected chi connectivity index (χ2v) is 6.67. The number of ether oxygens (including phenoxy) is 1. The van der Waals surface area contributed by atoms with E-state index in [0.717, 1.165) is 13.0 Å². The molecule has 20 heavy (non-hydrogen) atoms. The van der Waals surface area contributed by atoms with Gasteiger partial charge in [0.2, 0.25) is 0 Å². The minimum atomic E-state index is -0.422. The summed E-state index contributed by atoms with van der Waals surface area (Å²) in [6.07, 6.45) is 4.35. The summed E-state index contributed by atoms with van der Waals surface area (Å²) in [7, 11) is 2.19. The Morgan fingerprint density at radius 2 is 2.00 bits per heavy atom. The molecule has 1 saturated heterocycles. The maximum atomic E-state index is 11.4. The zero-order chi connectivity index (χ0) is 15.0. The number of rotatable bonds is 5. The lowest BCUT2D eigenvalue weighted by atomic mass is 10.1. The Hall–Kier alpha value is -0.810. The molecule has 1 amide bonds. The molecule has 0 aromatic rings. The Bertz CT molecular complexity index is 289. The van der Waals surface area contributed by atoms with Crippen LogP contribution in [-0.2, 0) is 4.74 Å². The summed E-state index contributed by atoms with van der Waals surface area (Å²) >= 11 is 0. The highest BCUT2D eigenvalue weighted by Gasteiger charge is 2.16. The van der Waals surface area contributed by atoms with Crippen LogP contribution in [0.5, 0.6) is 0 Å². The Morgan fingerprint density at radius 3 is 2.70 bits per heavy atom. The van der Waals surface area contributed by atoms with E-state index in [1.807, 2.05) is 20.8 Å². The van der Waals surface area contributed by atoms with Gasteiger partial charge in [0.15, 0.2) is 0 Å². The largest absolute Gasteiger partial charge is 0.444 e. The first kappa shape index (κ1) is 17.2. The molecule has 1 atom stereocenters. The molecule has 5 nitrogen and oxygen atoms in total. The molecule has 1 heterocycles. The van der Waals surface area contributed by atoms with Crippen LogP contribution in [0.15, 0.2) is 0 Å². The van der Waals surface area contributed by atoms with Crippen molar-refractivity contribution in [3.63, 3.8) is 0 Å². The van der Waals surface area contributed by atoms with Crippen LogP contribution >= 0.6 is 0 Å². The van der Waals surface area contributed by atoms with Gasteiger partial charge >= 0.3 is 6.09 Å². The second-order valence-electron chi connectivity index (χ2n) is 6.67. The van der Waals surface area contributed by atoms with E-state index in [9.17, 15) is 4.79 Å². The smallest absolute Gasteiger partial charge is 0.407 e. The van der Waals surface area contributed by atoms with Gasteiger partial charge in [0.1, 0.15) is 5.60 Å². The van der Waals surface area contributed by atoms with E-state index in [-0.39, 0.29) is 6.09 Å². The molecule has 0 aromatic heterocycles. The fourth-order valence-corrected chi connectivity index (χ4v) is 2.34. The Kier molecular flexibility index (Phi) is 7.30. The maximum absolute atomic E-state index is 11.4. The van der Waals surface area contributed by atoms with Crippen molar-refractivity contribution in [3.8, 4) is 0 Å². The molecule has 0 bridgehead atoms. The molecule has 1 fully saturated rings. The van der Waals surface area contributed by atoms with Crippen molar-refractivity contribution in [2.45, 2.75) is 58.1 Å². The first-order chi connectivity index (χ1) is 9.37. The standard InChI is InChI=1S/C15H31N3O2/c1-15(2,3)20-14(19)17-10-6-9-16-13-7-5-11-18(4)12-8-13/h13,16H,5-12H2,1-4H3,(H,17,19). The maximum Gasteiger partial charge on any atom is 0.407 e. The molecular formula is C15H31N3O2. The zero-order valence-electron chi connectivity index (χ0n) is 13.5. The minimum absolute atomic E-state index is 0.325. The summed E-state index contributed by atoms with van der Waals surface area (Å²) in [5.74, 6) is 0. The third-order valence-corrected chi connectivity index (χ3v) is 3.41. The number of alkyl carbamates (subject to hydrolysis) is 1. The number of carbonyl (C=O) groups is 1. The van der Waals surface area contributed by atoms with E-state index < -0.39 is 5.60 Å². The number of amides is 1. The van der Waals surface area contributed by atoms with Gasteiger partial charge in [-0.2, -0.15) is 0 Å². The number of hydrogen-bond donors (Lipinski definition) is 2. The molecule has 2 N–H and O–H groups in total. The van der Waals surface area contributed by atoms with Crippen LogP contribution in [0.3, 0.4) is 0 Å². The summed E-state index contributed by atoms with van der Waals surface area (Å²) < 4.78 is 5.19. The van der Waals surface area contributed by atoms with Crippen LogP contribution in [0.4, 0.5) is 4.79 Å². The Morgan fingerprint density at radius 1 is 1.25 bits per heavy atom. The fraction of sp³-hybridized carbons (Fsp3) is 0.933. The number of likely N-dealkylation sites (tertiary alicyclic amines) is 1. The SMILES string of the molecule is CN1CCCC(NCCCNC(=O)OC(C)(C)C)CC1. The monoisotopic (exact) mass is 285 g/mol. The average Bonchev–Trinajstić information content (AvgIpc) is 2.51. The molecule has 118 valence electrons. The topological polar surface area (TPSA) is 53.6 Å². The summed E-state index contributed by atoms with van der Waals surface area (Å²) in [5, 5.41) is 6.37. The molecule has 5 heteroatoms. The van der Waals surface area contributed by atoms with Crippen molar-refractivity contribution in [3.05, 3.63) is 0 Å². The van der Waals surface area contributed by atoms with Crippen molar-refractivity contribution in [2.24, 2.45) is 0 Å². The normalized spacial score (nSPS) is 21.3. The number of nitrogens with zero attached hydrogens (tertiary/aromatic N) is 1. The van der Waals surface area contributed by atoms with Gasteiger partial charge in [-0.05, 0) is 73.1 Å². The van der Waals surface area contributed by atoms with Crippen molar-refractivity contribution >= 4 is 6.09 Å². The third-order valence-electron chi connectivity index (χ3n) is 3.41. The molecule has 0 saturated carbocycles. The number of nitrogens with one attached hydrogen (secondary N) is 2. The second kappa shape index (κ2) is 8.47. The van der Waals surface area contributed by atoms with E-state index in [1.165, 1.54) is 32.4 Å². The predicted molar refractivity (Wildman–Crippen MR) is 82.0 cm³/mol. The lowest BCUT2D eigenvalue weighted by molar-refractivity contribution is 0.0527. The lowest BCUT2D eigenvalue weighted by Gasteiger charge is -2.20. The van der Waals surface area contributed by atoms with Gasteiger partial charge in [0, 0.05) is 12.6 Å². The molecular weight excluding hydrogens is 254 g/mol. The molecule has 0 radical (unpaired) electrons. The van der Waals surface area contributed by atoms with Gasteiger partial charge in [0.05, 0.1) is 0 Å². The third kappa shape index (κ3) is 8.38. The molecule has 0 spiro atoms. The van der Waals surface area contributed by atoms with Gasteiger partial charge < -0.3 is 20.3 Å². The summed E-state index contributed by atoms with van der Waals surface area (Å²) in [5.41, 5.74) is -0.422. The quantitative estimate of drug-likeness (QED) is 0.758. The minimum Gasteiger partial charge on any atom is -0.444 e. The summed E-state index contributed by atoms with van der Waals surface area (Å²) in [6.45, 7) is 9.61. The van der Waals surface area contributed by atoms with Crippen molar-refractivity contribution < 1.29 is 9.53 Å². The van der Waals surface area contributed by atoms with Crippen LogP contribution < -0.4 is 10.6 Å². The molecule has 0 aromatic carbocycles. The molecule has 1 aliphatic heterocycles. The average molecular weight is 285 g/mol. The fourth-order valence-electron chi connectivity index (χ4n) is 2.34. The van der Waals surface area contributed by atoms with E-state index in [2.05, 4.69) is 22.6 Å². The van der Waals surface area contributed by atoms with Gasteiger partial charge in [-0.25, -0.2) is 4.79 Å². The number of carbonyl (C=O) groups excluding carboxylic acids is 1. The van der Waals surface area contributed by atoms with E-state index in [4.69, 9.17) is 4.74 Å². The van der Waals surface area contributed by atoms with E-state index >= 15 is 0 Å². The van der Waals surface area contributed by atoms with E-state index in [1.54, 1.807) is 0 Å². The molecule has 1 aliphatic rings. The highest BCUT2D eigenvalue weighted by atomic mass is 16.6. The molecule has 1 rings (SSSR count). The first-order valence-corrected chi connectivity index (χ1v) is 7.75. The van der Waals surface area contributed by atoms with Crippen LogP contribution in [0.25, 0.3) is 0 Å². The van der Waals surface area contributed by atoms with E-state index in [0.29, 0.717) is 12.6 Å². The van der Waals surface area contributed by atoms with Gasteiger partial charge in [-0.1, -0.05) is 0 Å². The summed E-state index contributed by atoms with van der Waals surface area (Å²) in [6, 6.07) is 0.626. The Labute approximate surface area is 123 Å². The van der Waals surface area contributed by atoms with Crippen LogP contribution in [0.1, 0.15) is 46.5 Å².